The highest BCUT2D eigenvalue weighted by Gasteiger charge is 2.26. The molecule has 2 atom stereocenters. The van der Waals surface area contributed by atoms with Crippen LogP contribution < -0.4 is 5.73 Å². The van der Waals surface area contributed by atoms with Gasteiger partial charge in [0.1, 0.15) is 0 Å². The van der Waals surface area contributed by atoms with Gasteiger partial charge in [-0.1, -0.05) is 35.0 Å². The first-order valence-electron chi connectivity index (χ1n) is 6.55. The fourth-order valence-corrected chi connectivity index (χ4v) is 3.66. The number of nitrogens with zero attached hydrogens (tertiary/aromatic N) is 1. The summed E-state index contributed by atoms with van der Waals surface area (Å²) < 4.78 is 1.13. The van der Waals surface area contributed by atoms with Crippen LogP contribution in [0.25, 0.3) is 0 Å². The van der Waals surface area contributed by atoms with E-state index in [1.54, 1.807) is 0 Å². The summed E-state index contributed by atoms with van der Waals surface area (Å²) in [7, 11) is 0. The molecule has 2 unspecified atom stereocenters. The van der Waals surface area contributed by atoms with Gasteiger partial charge in [0.15, 0.2) is 0 Å². The lowest BCUT2D eigenvalue weighted by molar-refractivity contribution is 0.186. The Kier molecular flexibility index (Phi) is 5.55. The number of halogens is 1. The zero-order valence-electron chi connectivity index (χ0n) is 10.8. The standard InChI is InChI=1S/C14H21BrN2S/c1-2-13(16)14(17-7-9-18-10-8-17)11-3-5-12(15)6-4-11/h3-6,13-14H,2,7-10,16H2,1H3. The van der Waals surface area contributed by atoms with Crippen molar-refractivity contribution in [2.45, 2.75) is 25.4 Å². The largest absolute Gasteiger partial charge is 0.326 e. The van der Waals surface area contributed by atoms with Crippen molar-refractivity contribution < 1.29 is 0 Å². The fraction of sp³-hybridized carbons (Fsp3) is 0.571. The molecule has 1 saturated heterocycles. The molecule has 2 rings (SSSR count). The Morgan fingerprint density at radius 1 is 1.28 bits per heavy atom. The molecule has 2 nitrogen and oxygen atoms in total. The summed E-state index contributed by atoms with van der Waals surface area (Å²) in [5.41, 5.74) is 7.70. The van der Waals surface area contributed by atoms with Gasteiger partial charge in [0, 0.05) is 41.2 Å². The maximum Gasteiger partial charge on any atom is 0.0499 e. The first-order chi connectivity index (χ1) is 8.72. The third-order valence-corrected chi connectivity index (χ3v) is 5.00. The van der Waals surface area contributed by atoms with Crippen molar-refractivity contribution in [1.82, 2.24) is 4.90 Å². The van der Waals surface area contributed by atoms with E-state index in [4.69, 9.17) is 5.73 Å². The Bertz CT molecular complexity index is 363. The van der Waals surface area contributed by atoms with Gasteiger partial charge in [-0.3, -0.25) is 4.90 Å². The van der Waals surface area contributed by atoms with Gasteiger partial charge >= 0.3 is 0 Å². The quantitative estimate of drug-likeness (QED) is 0.919. The van der Waals surface area contributed by atoms with Gasteiger partial charge in [-0.2, -0.15) is 11.8 Å². The molecule has 1 aliphatic heterocycles. The lowest BCUT2D eigenvalue weighted by atomic mass is 9.96. The van der Waals surface area contributed by atoms with E-state index in [9.17, 15) is 0 Å². The summed E-state index contributed by atoms with van der Waals surface area (Å²) >= 11 is 5.54. The van der Waals surface area contributed by atoms with Gasteiger partial charge in [0.2, 0.25) is 0 Å². The second kappa shape index (κ2) is 6.94. The lowest BCUT2D eigenvalue weighted by Crippen LogP contribution is -2.44. The molecule has 1 aliphatic rings. The summed E-state index contributed by atoms with van der Waals surface area (Å²) in [6, 6.07) is 9.21. The highest BCUT2D eigenvalue weighted by atomic mass is 79.9. The Morgan fingerprint density at radius 3 is 2.44 bits per heavy atom. The van der Waals surface area contributed by atoms with E-state index in [0.29, 0.717) is 6.04 Å². The van der Waals surface area contributed by atoms with E-state index in [1.807, 2.05) is 11.8 Å². The van der Waals surface area contributed by atoms with E-state index in [2.05, 4.69) is 52.0 Å². The summed E-state index contributed by atoms with van der Waals surface area (Å²) in [5.74, 6) is 2.45. The molecule has 1 aromatic carbocycles. The zero-order valence-corrected chi connectivity index (χ0v) is 13.2. The highest BCUT2D eigenvalue weighted by Crippen LogP contribution is 2.28. The van der Waals surface area contributed by atoms with E-state index in [0.717, 1.165) is 24.0 Å². The number of benzene rings is 1. The molecule has 1 aromatic rings. The molecule has 1 heterocycles. The molecule has 0 radical (unpaired) electrons. The van der Waals surface area contributed by atoms with E-state index < -0.39 is 0 Å². The Labute approximate surface area is 122 Å². The fourth-order valence-electron chi connectivity index (χ4n) is 2.47. The van der Waals surface area contributed by atoms with Crippen molar-refractivity contribution in [2.75, 3.05) is 24.6 Å². The number of nitrogens with two attached hydrogens (primary N) is 1. The van der Waals surface area contributed by atoms with Crippen LogP contribution in [0.1, 0.15) is 24.9 Å². The molecular formula is C14H21BrN2S. The second-order valence-corrected chi connectivity index (χ2v) is 6.86. The van der Waals surface area contributed by atoms with Gasteiger partial charge in [-0.25, -0.2) is 0 Å². The van der Waals surface area contributed by atoms with Crippen molar-refractivity contribution in [3.63, 3.8) is 0 Å². The predicted octanol–water partition coefficient (Wildman–Crippen LogP) is 3.28. The molecule has 0 amide bonds. The SMILES string of the molecule is CCC(N)C(c1ccc(Br)cc1)N1CCSCC1. The van der Waals surface area contributed by atoms with Crippen LogP contribution >= 0.6 is 27.7 Å². The Hall–Kier alpha value is -0.0300. The van der Waals surface area contributed by atoms with Crippen LogP contribution in [0, 0.1) is 0 Å². The summed E-state index contributed by atoms with van der Waals surface area (Å²) in [5, 5.41) is 0. The zero-order chi connectivity index (χ0) is 13.0. The minimum absolute atomic E-state index is 0.217. The molecular weight excluding hydrogens is 308 g/mol. The topological polar surface area (TPSA) is 29.3 Å². The van der Waals surface area contributed by atoms with Crippen molar-refractivity contribution in [3.8, 4) is 0 Å². The summed E-state index contributed by atoms with van der Waals surface area (Å²) in [6.07, 6.45) is 1.02. The summed E-state index contributed by atoms with van der Waals surface area (Å²) in [4.78, 5) is 2.55. The van der Waals surface area contributed by atoms with Crippen molar-refractivity contribution in [1.29, 1.82) is 0 Å². The molecule has 0 bridgehead atoms. The number of hydrogen-bond acceptors (Lipinski definition) is 3. The molecule has 0 aromatic heterocycles. The maximum atomic E-state index is 6.36. The smallest absolute Gasteiger partial charge is 0.0499 e. The lowest BCUT2D eigenvalue weighted by Gasteiger charge is -2.37. The van der Waals surface area contributed by atoms with E-state index in [-0.39, 0.29) is 6.04 Å². The third kappa shape index (κ3) is 3.50. The third-order valence-electron chi connectivity index (χ3n) is 3.53. The highest BCUT2D eigenvalue weighted by molar-refractivity contribution is 9.10. The van der Waals surface area contributed by atoms with Crippen molar-refractivity contribution in [3.05, 3.63) is 34.3 Å². The van der Waals surface area contributed by atoms with Gasteiger partial charge in [-0.05, 0) is 24.1 Å². The Morgan fingerprint density at radius 2 is 1.89 bits per heavy atom. The maximum absolute atomic E-state index is 6.36. The first kappa shape index (κ1) is 14.4. The normalized spacial score (nSPS) is 20.6. The van der Waals surface area contributed by atoms with Gasteiger partial charge in [0.05, 0.1) is 0 Å². The minimum Gasteiger partial charge on any atom is -0.326 e. The van der Waals surface area contributed by atoms with Gasteiger partial charge < -0.3 is 5.73 Å². The Balaban J connectivity index is 2.20. The van der Waals surface area contributed by atoms with Crippen LogP contribution in [0.15, 0.2) is 28.7 Å². The van der Waals surface area contributed by atoms with Crippen molar-refractivity contribution in [2.24, 2.45) is 5.73 Å². The number of hydrogen-bond donors (Lipinski definition) is 1. The van der Waals surface area contributed by atoms with Crippen LogP contribution in [0.5, 0.6) is 0 Å². The minimum atomic E-state index is 0.217. The van der Waals surface area contributed by atoms with Gasteiger partial charge in [0.25, 0.3) is 0 Å². The number of rotatable bonds is 4. The number of thioether (sulfide) groups is 1. The van der Waals surface area contributed by atoms with Gasteiger partial charge in [-0.15, -0.1) is 0 Å². The van der Waals surface area contributed by atoms with E-state index in [1.165, 1.54) is 17.1 Å². The van der Waals surface area contributed by atoms with Crippen LogP contribution in [-0.2, 0) is 0 Å². The van der Waals surface area contributed by atoms with Crippen LogP contribution in [0.4, 0.5) is 0 Å². The summed E-state index contributed by atoms with van der Waals surface area (Å²) in [6.45, 7) is 4.48. The van der Waals surface area contributed by atoms with Crippen LogP contribution in [0.3, 0.4) is 0 Å². The molecule has 0 spiro atoms. The molecule has 18 heavy (non-hydrogen) atoms. The predicted molar refractivity (Wildman–Crippen MR) is 84.0 cm³/mol. The molecule has 100 valence electrons. The van der Waals surface area contributed by atoms with Crippen LogP contribution in [-0.4, -0.2) is 35.5 Å². The molecule has 0 saturated carbocycles. The average Bonchev–Trinajstić information content (AvgIpc) is 2.42. The first-order valence-corrected chi connectivity index (χ1v) is 8.50. The van der Waals surface area contributed by atoms with Crippen molar-refractivity contribution >= 4 is 27.7 Å². The van der Waals surface area contributed by atoms with E-state index >= 15 is 0 Å². The molecule has 0 aliphatic carbocycles. The average molecular weight is 329 g/mol. The molecule has 1 fully saturated rings. The molecule has 2 N–H and O–H groups in total. The van der Waals surface area contributed by atoms with Crippen LogP contribution in [0.2, 0.25) is 0 Å². The second-order valence-electron chi connectivity index (χ2n) is 4.72. The molecule has 4 heteroatoms. The monoisotopic (exact) mass is 328 g/mol.